The number of aldehydes is 1. The van der Waals surface area contributed by atoms with Gasteiger partial charge < -0.3 is 5.32 Å². The van der Waals surface area contributed by atoms with Gasteiger partial charge in [0.05, 0.1) is 6.42 Å². The van der Waals surface area contributed by atoms with Crippen molar-refractivity contribution in [2.24, 2.45) is 0 Å². The molecular weight excluding hydrogens is 264 g/mol. The molecule has 2 rings (SSSR count). The summed E-state index contributed by atoms with van der Waals surface area (Å²) in [5, 5.41) is 2.51. The molecule has 0 aromatic heterocycles. The SMILES string of the molecule is O=Cc1ccc(NC(=O)Cc2c(F)cccc2F)cc1. The predicted octanol–water partition coefficient (Wildman–Crippen LogP) is 2.96. The summed E-state index contributed by atoms with van der Waals surface area (Å²) >= 11 is 0. The van der Waals surface area contributed by atoms with Crippen molar-refractivity contribution in [3.05, 3.63) is 65.2 Å². The van der Waals surface area contributed by atoms with E-state index in [0.717, 1.165) is 12.1 Å². The summed E-state index contributed by atoms with van der Waals surface area (Å²) in [5.41, 5.74) is 0.662. The molecule has 3 nitrogen and oxygen atoms in total. The Hall–Kier alpha value is -2.56. The van der Waals surface area contributed by atoms with Crippen LogP contribution in [0, 0.1) is 11.6 Å². The lowest BCUT2D eigenvalue weighted by molar-refractivity contribution is -0.115. The molecule has 0 saturated heterocycles. The first-order valence-electron chi connectivity index (χ1n) is 5.88. The molecule has 2 aromatic rings. The van der Waals surface area contributed by atoms with E-state index in [9.17, 15) is 18.4 Å². The molecule has 1 amide bonds. The lowest BCUT2D eigenvalue weighted by atomic mass is 10.1. The highest BCUT2D eigenvalue weighted by atomic mass is 19.1. The molecule has 102 valence electrons. The minimum absolute atomic E-state index is 0.269. The van der Waals surface area contributed by atoms with Gasteiger partial charge in [0, 0.05) is 16.8 Å². The Morgan fingerprint density at radius 2 is 1.65 bits per heavy atom. The van der Waals surface area contributed by atoms with Crippen molar-refractivity contribution in [3.8, 4) is 0 Å². The van der Waals surface area contributed by atoms with Crippen LogP contribution in [0.25, 0.3) is 0 Å². The normalized spacial score (nSPS) is 10.1. The van der Waals surface area contributed by atoms with Gasteiger partial charge in [-0.2, -0.15) is 0 Å². The first-order valence-corrected chi connectivity index (χ1v) is 5.88. The van der Waals surface area contributed by atoms with Crippen molar-refractivity contribution in [1.82, 2.24) is 0 Å². The van der Waals surface area contributed by atoms with Crippen LogP contribution in [0.3, 0.4) is 0 Å². The maximum absolute atomic E-state index is 13.4. The van der Waals surface area contributed by atoms with Gasteiger partial charge in [0.2, 0.25) is 5.91 Å². The fraction of sp³-hybridized carbons (Fsp3) is 0.0667. The summed E-state index contributed by atoms with van der Waals surface area (Å²) in [6.07, 6.45) is 0.286. The van der Waals surface area contributed by atoms with E-state index >= 15 is 0 Å². The highest BCUT2D eigenvalue weighted by molar-refractivity contribution is 5.92. The van der Waals surface area contributed by atoms with Gasteiger partial charge in [0.1, 0.15) is 17.9 Å². The van der Waals surface area contributed by atoms with Crippen LogP contribution in [0.5, 0.6) is 0 Å². The number of nitrogens with one attached hydrogen (secondary N) is 1. The highest BCUT2D eigenvalue weighted by Crippen LogP contribution is 2.14. The molecule has 20 heavy (non-hydrogen) atoms. The zero-order valence-electron chi connectivity index (χ0n) is 10.4. The Morgan fingerprint density at radius 3 is 2.20 bits per heavy atom. The Kier molecular flexibility index (Phi) is 4.20. The van der Waals surface area contributed by atoms with Crippen molar-refractivity contribution in [3.63, 3.8) is 0 Å². The maximum atomic E-state index is 13.4. The van der Waals surface area contributed by atoms with Crippen molar-refractivity contribution >= 4 is 17.9 Å². The van der Waals surface area contributed by atoms with Crippen molar-refractivity contribution in [1.29, 1.82) is 0 Å². The van der Waals surface area contributed by atoms with Crippen LogP contribution in [0.2, 0.25) is 0 Å². The fourth-order valence-electron chi connectivity index (χ4n) is 1.71. The molecule has 0 spiro atoms. The maximum Gasteiger partial charge on any atom is 0.229 e. The van der Waals surface area contributed by atoms with E-state index in [4.69, 9.17) is 0 Å². The smallest absolute Gasteiger partial charge is 0.229 e. The van der Waals surface area contributed by atoms with Crippen LogP contribution in [0.15, 0.2) is 42.5 Å². The largest absolute Gasteiger partial charge is 0.326 e. The number of rotatable bonds is 4. The summed E-state index contributed by atoms with van der Waals surface area (Å²) in [6.45, 7) is 0. The van der Waals surface area contributed by atoms with Crippen LogP contribution >= 0.6 is 0 Å². The molecule has 0 saturated carbocycles. The van der Waals surface area contributed by atoms with E-state index in [2.05, 4.69) is 5.32 Å². The van der Waals surface area contributed by atoms with Crippen molar-refractivity contribution < 1.29 is 18.4 Å². The third-order valence-corrected chi connectivity index (χ3v) is 2.73. The summed E-state index contributed by atoms with van der Waals surface area (Å²) in [5.74, 6) is -2.04. The average molecular weight is 275 g/mol. The van der Waals surface area contributed by atoms with Crippen LogP contribution in [-0.4, -0.2) is 12.2 Å². The van der Waals surface area contributed by atoms with Gasteiger partial charge in [-0.25, -0.2) is 8.78 Å². The molecule has 0 unspecified atom stereocenters. The molecule has 5 heteroatoms. The van der Waals surface area contributed by atoms with Crippen LogP contribution in [0.1, 0.15) is 15.9 Å². The Morgan fingerprint density at radius 1 is 1.05 bits per heavy atom. The van der Waals surface area contributed by atoms with E-state index in [-0.39, 0.29) is 5.56 Å². The first kappa shape index (κ1) is 13.9. The number of amides is 1. The molecule has 0 bridgehead atoms. The van der Waals surface area contributed by atoms with Gasteiger partial charge in [-0.3, -0.25) is 9.59 Å². The van der Waals surface area contributed by atoms with Gasteiger partial charge in [-0.15, -0.1) is 0 Å². The zero-order chi connectivity index (χ0) is 14.5. The predicted molar refractivity (Wildman–Crippen MR) is 70.5 cm³/mol. The van der Waals surface area contributed by atoms with E-state index in [0.29, 0.717) is 17.5 Å². The highest BCUT2D eigenvalue weighted by Gasteiger charge is 2.13. The third kappa shape index (κ3) is 3.26. The minimum Gasteiger partial charge on any atom is -0.326 e. The second kappa shape index (κ2) is 6.06. The fourth-order valence-corrected chi connectivity index (χ4v) is 1.71. The molecule has 0 aliphatic heterocycles. The third-order valence-electron chi connectivity index (χ3n) is 2.73. The minimum atomic E-state index is -0.753. The Labute approximate surface area is 114 Å². The van der Waals surface area contributed by atoms with Crippen molar-refractivity contribution in [2.45, 2.75) is 6.42 Å². The number of hydrogen-bond acceptors (Lipinski definition) is 2. The molecule has 0 heterocycles. The van der Waals surface area contributed by atoms with Gasteiger partial charge >= 0.3 is 0 Å². The van der Waals surface area contributed by atoms with Gasteiger partial charge in [-0.05, 0) is 36.4 Å². The molecule has 0 atom stereocenters. The average Bonchev–Trinajstić information content (AvgIpc) is 2.44. The Balaban J connectivity index is 2.07. The van der Waals surface area contributed by atoms with Gasteiger partial charge in [0.15, 0.2) is 0 Å². The van der Waals surface area contributed by atoms with E-state index in [1.807, 2.05) is 0 Å². The number of halogens is 2. The summed E-state index contributed by atoms with van der Waals surface area (Å²) in [4.78, 5) is 22.2. The lowest BCUT2D eigenvalue weighted by Crippen LogP contribution is -2.16. The quantitative estimate of drug-likeness (QED) is 0.872. The summed E-state index contributed by atoms with van der Waals surface area (Å²) in [7, 11) is 0. The molecule has 0 aliphatic rings. The van der Waals surface area contributed by atoms with E-state index < -0.39 is 24.0 Å². The van der Waals surface area contributed by atoms with Crippen molar-refractivity contribution in [2.75, 3.05) is 5.32 Å². The molecular formula is C15H11F2NO2. The molecule has 2 aromatic carbocycles. The number of anilines is 1. The number of carbonyl (C=O) groups excluding carboxylic acids is 2. The monoisotopic (exact) mass is 275 g/mol. The van der Waals surface area contributed by atoms with Crippen LogP contribution < -0.4 is 5.32 Å². The van der Waals surface area contributed by atoms with E-state index in [1.54, 1.807) is 12.1 Å². The zero-order valence-corrected chi connectivity index (χ0v) is 10.4. The number of hydrogen-bond donors (Lipinski definition) is 1. The van der Waals surface area contributed by atoms with E-state index in [1.165, 1.54) is 18.2 Å². The second-order valence-corrected chi connectivity index (χ2v) is 4.17. The number of benzene rings is 2. The first-order chi connectivity index (χ1) is 9.60. The second-order valence-electron chi connectivity index (χ2n) is 4.17. The Bertz CT molecular complexity index is 619. The molecule has 0 fully saturated rings. The summed E-state index contributed by atoms with van der Waals surface area (Å²) in [6, 6.07) is 9.59. The van der Waals surface area contributed by atoms with Gasteiger partial charge in [-0.1, -0.05) is 6.07 Å². The molecule has 0 radical (unpaired) electrons. The van der Waals surface area contributed by atoms with Crippen LogP contribution in [0.4, 0.5) is 14.5 Å². The molecule has 1 N–H and O–H groups in total. The standard InChI is InChI=1S/C15H11F2NO2/c16-13-2-1-3-14(17)12(13)8-15(20)18-11-6-4-10(9-19)5-7-11/h1-7,9H,8H2,(H,18,20). The molecule has 0 aliphatic carbocycles. The lowest BCUT2D eigenvalue weighted by Gasteiger charge is -2.07. The number of carbonyl (C=O) groups is 2. The van der Waals surface area contributed by atoms with Gasteiger partial charge in [0.25, 0.3) is 0 Å². The summed E-state index contributed by atoms with van der Waals surface area (Å²) < 4.78 is 26.8. The van der Waals surface area contributed by atoms with Crippen LogP contribution in [-0.2, 0) is 11.2 Å². The topological polar surface area (TPSA) is 46.2 Å².